The second-order valence-corrected chi connectivity index (χ2v) is 8.75. The van der Waals surface area contributed by atoms with Crippen LogP contribution in [0.5, 0.6) is 0 Å². The Labute approximate surface area is 176 Å². The van der Waals surface area contributed by atoms with Crippen LogP contribution in [0.3, 0.4) is 0 Å². The van der Waals surface area contributed by atoms with Crippen molar-refractivity contribution in [2.24, 2.45) is 11.8 Å². The minimum atomic E-state index is -0.950. The van der Waals surface area contributed by atoms with Crippen LogP contribution in [0, 0.1) is 17.2 Å². The van der Waals surface area contributed by atoms with Crippen molar-refractivity contribution in [3.63, 3.8) is 0 Å². The van der Waals surface area contributed by atoms with E-state index in [2.05, 4.69) is 5.32 Å². The molecule has 2 aromatic carbocycles. The Bertz CT molecular complexity index is 957. The first-order valence-electron chi connectivity index (χ1n) is 10.1. The average Bonchev–Trinajstić information content (AvgIpc) is 3.51. The van der Waals surface area contributed by atoms with E-state index in [-0.39, 0.29) is 30.3 Å². The number of rotatable bonds is 6. The lowest BCUT2D eigenvalue weighted by atomic mass is 9.83. The molecular formula is C23H26ClN3O2. The predicted octanol–water partition coefficient (Wildman–Crippen LogP) is 4.00. The summed E-state index contributed by atoms with van der Waals surface area (Å²) in [5.41, 5.74) is 1.87. The maximum Gasteiger partial charge on any atom is 0.260 e. The van der Waals surface area contributed by atoms with Gasteiger partial charge in [0.1, 0.15) is 5.54 Å². The van der Waals surface area contributed by atoms with Crippen molar-refractivity contribution in [3.8, 4) is 11.1 Å². The van der Waals surface area contributed by atoms with Gasteiger partial charge in [-0.2, -0.15) is 0 Å². The fourth-order valence-electron chi connectivity index (χ4n) is 4.34. The highest BCUT2D eigenvalue weighted by Gasteiger charge is 2.60. The van der Waals surface area contributed by atoms with Gasteiger partial charge >= 0.3 is 0 Å². The monoisotopic (exact) mass is 411 g/mol. The predicted molar refractivity (Wildman–Crippen MR) is 115 cm³/mol. The zero-order chi connectivity index (χ0) is 20.8. The second kappa shape index (κ2) is 7.47. The number of nitrogens with one attached hydrogen (secondary N) is 2. The number of guanidine groups is 1. The van der Waals surface area contributed by atoms with Crippen molar-refractivity contribution in [2.45, 2.75) is 38.3 Å². The van der Waals surface area contributed by atoms with Gasteiger partial charge in [-0.05, 0) is 59.6 Å². The molecule has 0 aromatic heterocycles. The maximum atomic E-state index is 13.7. The number of aliphatic hydroxyl groups is 1. The van der Waals surface area contributed by atoms with Gasteiger partial charge in [0.05, 0.1) is 12.6 Å². The number of carbonyl (C=O) groups excluding carboxylic acids is 1. The minimum Gasteiger partial charge on any atom is -0.394 e. The van der Waals surface area contributed by atoms with Crippen LogP contribution in [-0.4, -0.2) is 34.5 Å². The molecule has 29 heavy (non-hydrogen) atoms. The molecule has 1 aliphatic heterocycles. The fourth-order valence-corrected chi connectivity index (χ4v) is 4.53. The van der Waals surface area contributed by atoms with Gasteiger partial charge in [-0.15, -0.1) is 0 Å². The molecule has 0 bridgehead atoms. The molecule has 5 nitrogen and oxygen atoms in total. The van der Waals surface area contributed by atoms with E-state index in [0.29, 0.717) is 5.02 Å². The molecule has 6 heteroatoms. The number of hydrogen-bond donors (Lipinski definition) is 3. The number of aliphatic hydroxyl groups excluding tert-OH is 1. The molecule has 1 saturated carbocycles. The third-order valence-electron chi connectivity index (χ3n) is 6.07. The van der Waals surface area contributed by atoms with Crippen LogP contribution in [0.15, 0.2) is 48.5 Å². The Hall–Kier alpha value is -2.37. The molecule has 2 fully saturated rings. The number of amides is 1. The average molecular weight is 412 g/mol. The summed E-state index contributed by atoms with van der Waals surface area (Å²) in [5.74, 6) is 0.115. The Kier molecular flexibility index (Phi) is 5.13. The molecule has 2 atom stereocenters. The number of nitrogens with zero attached hydrogens (tertiary/aromatic N) is 1. The summed E-state index contributed by atoms with van der Waals surface area (Å²) in [5, 5.41) is 22.3. The highest BCUT2D eigenvalue weighted by atomic mass is 35.5. The lowest BCUT2D eigenvalue weighted by Gasteiger charge is -2.31. The molecule has 2 aromatic rings. The van der Waals surface area contributed by atoms with Crippen molar-refractivity contribution in [1.29, 1.82) is 5.41 Å². The third kappa shape index (κ3) is 3.32. The summed E-state index contributed by atoms with van der Waals surface area (Å²) in [7, 11) is 0. The zero-order valence-corrected chi connectivity index (χ0v) is 17.4. The molecule has 0 radical (unpaired) electrons. The van der Waals surface area contributed by atoms with Crippen molar-refractivity contribution in [1.82, 2.24) is 10.2 Å². The van der Waals surface area contributed by atoms with Crippen LogP contribution in [0.25, 0.3) is 11.1 Å². The van der Waals surface area contributed by atoms with E-state index in [0.717, 1.165) is 29.5 Å². The fraction of sp³-hybridized carbons (Fsp3) is 0.391. The lowest BCUT2D eigenvalue weighted by Crippen LogP contribution is -2.49. The molecule has 1 saturated heterocycles. The van der Waals surface area contributed by atoms with Crippen molar-refractivity contribution in [3.05, 3.63) is 59.1 Å². The molecule has 4 rings (SSSR count). The van der Waals surface area contributed by atoms with Gasteiger partial charge in [0.25, 0.3) is 5.91 Å². The molecule has 3 N–H and O–H groups in total. The highest BCUT2D eigenvalue weighted by Crippen LogP contribution is 2.50. The standard InChI is InChI=1S/C23H26ClN3O2/c1-14(2)20(13-28)27-21(29)23(17-9-10-17,26-22(27)25)18-7-3-5-15(11-18)16-6-4-8-19(24)12-16/h3-8,11-12,14,17,20,28H,9-10,13H2,1-2H3,(H2,25,26)/t20-,23?/m0/s1. The van der Waals surface area contributed by atoms with Crippen molar-refractivity contribution < 1.29 is 9.90 Å². The third-order valence-corrected chi connectivity index (χ3v) is 6.30. The van der Waals surface area contributed by atoms with Crippen LogP contribution in [-0.2, 0) is 10.3 Å². The van der Waals surface area contributed by atoms with Crippen LogP contribution in [0.1, 0.15) is 32.3 Å². The van der Waals surface area contributed by atoms with Crippen molar-refractivity contribution in [2.75, 3.05) is 6.61 Å². The molecule has 1 heterocycles. The number of carbonyl (C=O) groups is 1. The number of benzene rings is 2. The van der Waals surface area contributed by atoms with E-state index < -0.39 is 11.6 Å². The summed E-state index contributed by atoms with van der Waals surface area (Å²) in [6.07, 6.45) is 1.87. The van der Waals surface area contributed by atoms with Crippen LogP contribution >= 0.6 is 11.6 Å². The number of hydrogen-bond acceptors (Lipinski definition) is 3. The highest BCUT2D eigenvalue weighted by molar-refractivity contribution is 6.30. The van der Waals surface area contributed by atoms with E-state index in [9.17, 15) is 9.90 Å². The van der Waals surface area contributed by atoms with Gasteiger partial charge in [-0.25, -0.2) is 0 Å². The molecule has 1 amide bonds. The van der Waals surface area contributed by atoms with Crippen LogP contribution in [0.2, 0.25) is 5.02 Å². The second-order valence-electron chi connectivity index (χ2n) is 8.32. The molecule has 2 aliphatic rings. The van der Waals surface area contributed by atoms with Crippen LogP contribution < -0.4 is 5.32 Å². The SMILES string of the molecule is CC(C)[C@H](CO)N1C(=N)NC(c2cccc(-c3cccc(Cl)c3)c2)(C2CC2)C1=O. The van der Waals surface area contributed by atoms with Crippen molar-refractivity contribution >= 4 is 23.5 Å². The topological polar surface area (TPSA) is 76.4 Å². The normalized spacial score (nSPS) is 22.9. The molecule has 0 spiro atoms. The Morgan fingerprint density at radius 1 is 1.21 bits per heavy atom. The Morgan fingerprint density at radius 2 is 1.86 bits per heavy atom. The zero-order valence-electron chi connectivity index (χ0n) is 16.7. The summed E-state index contributed by atoms with van der Waals surface area (Å²) in [6.45, 7) is 3.74. The van der Waals surface area contributed by atoms with Gasteiger partial charge in [0, 0.05) is 5.02 Å². The smallest absolute Gasteiger partial charge is 0.260 e. The van der Waals surface area contributed by atoms with Gasteiger partial charge in [-0.3, -0.25) is 15.1 Å². The quantitative estimate of drug-likeness (QED) is 0.672. The van der Waals surface area contributed by atoms with E-state index in [1.54, 1.807) is 0 Å². The minimum absolute atomic E-state index is 0.0406. The van der Waals surface area contributed by atoms with Gasteiger partial charge < -0.3 is 10.4 Å². The molecule has 1 aliphatic carbocycles. The maximum absolute atomic E-state index is 13.7. The Morgan fingerprint density at radius 3 is 2.45 bits per heavy atom. The largest absolute Gasteiger partial charge is 0.394 e. The first kappa shape index (κ1) is 19.9. The van der Waals surface area contributed by atoms with E-state index >= 15 is 0 Å². The van der Waals surface area contributed by atoms with Gasteiger partial charge in [-0.1, -0.05) is 55.8 Å². The Balaban J connectivity index is 1.78. The first-order valence-corrected chi connectivity index (χ1v) is 10.4. The summed E-state index contributed by atoms with van der Waals surface area (Å²) < 4.78 is 0. The van der Waals surface area contributed by atoms with Crippen LogP contribution in [0.4, 0.5) is 0 Å². The summed E-state index contributed by atoms with van der Waals surface area (Å²) in [6, 6.07) is 15.2. The number of halogens is 1. The molecular weight excluding hydrogens is 386 g/mol. The van der Waals surface area contributed by atoms with E-state index in [1.807, 2.05) is 62.4 Å². The summed E-state index contributed by atoms with van der Waals surface area (Å²) in [4.78, 5) is 15.2. The summed E-state index contributed by atoms with van der Waals surface area (Å²) >= 11 is 6.17. The first-order chi connectivity index (χ1) is 13.9. The molecule has 152 valence electrons. The van der Waals surface area contributed by atoms with Gasteiger partial charge in [0.15, 0.2) is 5.96 Å². The van der Waals surface area contributed by atoms with Gasteiger partial charge in [0.2, 0.25) is 0 Å². The molecule has 1 unspecified atom stereocenters. The van der Waals surface area contributed by atoms with E-state index in [4.69, 9.17) is 17.0 Å². The van der Waals surface area contributed by atoms with E-state index in [1.165, 1.54) is 4.90 Å². The lowest BCUT2D eigenvalue weighted by molar-refractivity contribution is -0.135.